The highest BCUT2D eigenvalue weighted by atomic mass is 32.2. The molecule has 2 aromatic carbocycles. The Balaban J connectivity index is 1.40. The molecule has 6 nitrogen and oxygen atoms in total. The van der Waals surface area contributed by atoms with Gasteiger partial charge in [-0.05, 0) is 59.7 Å². The van der Waals surface area contributed by atoms with E-state index in [9.17, 15) is 9.59 Å². The van der Waals surface area contributed by atoms with Gasteiger partial charge < -0.3 is 9.73 Å². The number of anilines is 1. The molecule has 0 aliphatic carbocycles. The molecule has 0 saturated heterocycles. The van der Waals surface area contributed by atoms with Crippen molar-refractivity contribution >= 4 is 29.1 Å². The third-order valence-electron chi connectivity index (χ3n) is 5.28. The van der Waals surface area contributed by atoms with E-state index < -0.39 is 0 Å². The highest BCUT2D eigenvalue weighted by Gasteiger charge is 2.18. The molecular weight excluding hydrogens is 410 g/mol. The van der Waals surface area contributed by atoms with Crippen LogP contribution in [0.15, 0.2) is 52.1 Å². The number of aromatic nitrogens is 2. The summed E-state index contributed by atoms with van der Waals surface area (Å²) in [5.41, 5.74) is 4.59. The number of rotatable bonds is 5. The van der Waals surface area contributed by atoms with Gasteiger partial charge >= 0.3 is 0 Å². The first-order valence-corrected chi connectivity index (χ1v) is 11.3. The van der Waals surface area contributed by atoms with Crippen LogP contribution in [0.5, 0.6) is 0 Å². The number of carbonyl (C=O) groups is 2. The number of carbonyl (C=O) groups excluding carboxylic acids is 2. The van der Waals surface area contributed by atoms with Gasteiger partial charge in [0.25, 0.3) is 5.22 Å². The zero-order chi connectivity index (χ0) is 22.0. The zero-order valence-corrected chi connectivity index (χ0v) is 18.7. The quantitative estimate of drug-likeness (QED) is 0.433. The summed E-state index contributed by atoms with van der Waals surface area (Å²) in [7, 11) is 0. The number of nitrogens with one attached hydrogen (secondary N) is 1. The lowest BCUT2D eigenvalue weighted by atomic mass is 9.87. The summed E-state index contributed by atoms with van der Waals surface area (Å²) in [4.78, 5) is 24.3. The Bertz CT molecular complexity index is 1110. The fourth-order valence-corrected chi connectivity index (χ4v) is 4.11. The van der Waals surface area contributed by atoms with Crippen LogP contribution in [0.4, 0.5) is 5.69 Å². The van der Waals surface area contributed by atoms with Crippen molar-refractivity contribution in [1.29, 1.82) is 0 Å². The van der Waals surface area contributed by atoms with Crippen LogP contribution in [-0.4, -0.2) is 27.6 Å². The average molecular weight is 436 g/mol. The molecule has 1 aliphatic heterocycles. The molecule has 1 aliphatic rings. The Morgan fingerprint density at radius 3 is 2.61 bits per heavy atom. The number of amides is 1. The van der Waals surface area contributed by atoms with Crippen molar-refractivity contribution in [3.05, 3.63) is 59.2 Å². The van der Waals surface area contributed by atoms with E-state index in [1.165, 1.54) is 17.3 Å². The van der Waals surface area contributed by atoms with Crippen LogP contribution in [-0.2, 0) is 16.6 Å². The second kappa shape index (κ2) is 8.67. The van der Waals surface area contributed by atoms with Crippen LogP contribution in [0.25, 0.3) is 11.5 Å². The van der Waals surface area contributed by atoms with Crippen molar-refractivity contribution in [2.45, 2.75) is 50.7 Å². The molecule has 4 rings (SSSR count). The predicted molar refractivity (Wildman–Crippen MR) is 121 cm³/mol. The van der Waals surface area contributed by atoms with Crippen LogP contribution >= 0.6 is 11.8 Å². The number of nitrogens with zero attached hydrogens (tertiary/aromatic N) is 2. The molecule has 0 unspecified atom stereocenters. The van der Waals surface area contributed by atoms with Gasteiger partial charge in [0.05, 0.1) is 5.75 Å². The maximum absolute atomic E-state index is 12.7. The summed E-state index contributed by atoms with van der Waals surface area (Å²) < 4.78 is 5.74. The normalized spacial score (nSPS) is 14.0. The predicted octanol–water partition coefficient (Wildman–Crippen LogP) is 5.28. The molecule has 0 saturated carbocycles. The number of fused-ring (bicyclic) bond motifs is 1. The van der Waals surface area contributed by atoms with Crippen molar-refractivity contribution in [3.8, 4) is 11.5 Å². The minimum absolute atomic E-state index is 0.0161. The molecule has 1 amide bonds. The fourth-order valence-electron chi connectivity index (χ4n) is 3.46. The van der Waals surface area contributed by atoms with Gasteiger partial charge in [0, 0.05) is 23.2 Å². The molecule has 0 fully saturated rings. The standard InChI is InChI=1S/C24H25N3O3S/c1-24(2,3)18-10-7-15(8-11-18)22-26-27-23(30-22)31-14-20(28)17-9-12-19-16(13-17)5-4-6-21(29)25-19/h7-13H,4-6,14H2,1-3H3,(H,25,29). The number of Topliss-reactive ketones (excluding diaryl/α,β-unsaturated/α-hetero) is 1. The average Bonchev–Trinajstić information content (AvgIpc) is 3.13. The molecule has 1 aromatic heterocycles. The SMILES string of the molecule is CC(C)(C)c1ccc(-c2nnc(SCC(=O)c3ccc4c(c3)CCCC(=O)N4)o2)cc1. The minimum atomic E-state index is -0.0161. The first-order valence-electron chi connectivity index (χ1n) is 10.3. The van der Waals surface area contributed by atoms with Gasteiger partial charge in [-0.2, -0.15) is 0 Å². The molecule has 31 heavy (non-hydrogen) atoms. The first-order chi connectivity index (χ1) is 14.8. The van der Waals surface area contributed by atoms with E-state index in [2.05, 4.69) is 48.4 Å². The molecule has 0 radical (unpaired) electrons. The van der Waals surface area contributed by atoms with Crippen molar-refractivity contribution < 1.29 is 14.0 Å². The number of aryl methyl sites for hydroxylation is 1. The Morgan fingerprint density at radius 2 is 1.87 bits per heavy atom. The fraction of sp³-hybridized carbons (Fsp3) is 0.333. The summed E-state index contributed by atoms with van der Waals surface area (Å²) in [5, 5.41) is 11.4. The van der Waals surface area contributed by atoms with E-state index in [4.69, 9.17) is 4.42 Å². The summed E-state index contributed by atoms with van der Waals surface area (Å²) in [5.74, 6) is 0.651. The van der Waals surface area contributed by atoms with Crippen molar-refractivity contribution in [2.24, 2.45) is 0 Å². The van der Waals surface area contributed by atoms with Crippen LogP contribution < -0.4 is 5.32 Å². The van der Waals surface area contributed by atoms with Crippen molar-refractivity contribution in [1.82, 2.24) is 10.2 Å². The second-order valence-electron chi connectivity index (χ2n) is 8.69. The number of ketones is 1. The lowest BCUT2D eigenvalue weighted by Gasteiger charge is -2.18. The van der Waals surface area contributed by atoms with E-state index in [0.29, 0.717) is 23.1 Å². The summed E-state index contributed by atoms with van der Waals surface area (Å²) >= 11 is 1.23. The molecule has 1 N–H and O–H groups in total. The van der Waals surface area contributed by atoms with Crippen molar-refractivity contribution in [3.63, 3.8) is 0 Å². The second-order valence-corrected chi connectivity index (χ2v) is 9.61. The van der Waals surface area contributed by atoms with E-state index in [-0.39, 0.29) is 22.9 Å². The largest absolute Gasteiger partial charge is 0.411 e. The van der Waals surface area contributed by atoms with Gasteiger partial charge in [-0.25, -0.2) is 0 Å². The van der Waals surface area contributed by atoms with Gasteiger partial charge in [0.15, 0.2) is 5.78 Å². The maximum Gasteiger partial charge on any atom is 0.277 e. The van der Waals surface area contributed by atoms with Crippen LogP contribution in [0.2, 0.25) is 0 Å². The van der Waals surface area contributed by atoms with Crippen molar-refractivity contribution in [2.75, 3.05) is 11.1 Å². The summed E-state index contributed by atoms with van der Waals surface area (Å²) in [6.07, 6.45) is 2.07. The third-order valence-corrected chi connectivity index (χ3v) is 6.10. The van der Waals surface area contributed by atoms with Gasteiger partial charge in [-0.3, -0.25) is 9.59 Å². The molecule has 160 valence electrons. The first kappa shape index (κ1) is 21.3. The zero-order valence-electron chi connectivity index (χ0n) is 17.9. The molecular formula is C24H25N3O3S. The number of hydrogen-bond acceptors (Lipinski definition) is 6. The van der Waals surface area contributed by atoms with Gasteiger partial charge in [-0.1, -0.05) is 44.7 Å². The van der Waals surface area contributed by atoms with E-state index in [0.717, 1.165) is 29.7 Å². The Kier molecular flexibility index (Phi) is 5.96. The molecule has 0 bridgehead atoms. The lowest BCUT2D eigenvalue weighted by molar-refractivity contribution is -0.116. The maximum atomic E-state index is 12.7. The van der Waals surface area contributed by atoms with E-state index in [1.807, 2.05) is 24.3 Å². The smallest absolute Gasteiger partial charge is 0.277 e. The molecule has 3 aromatic rings. The van der Waals surface area contributed by atoms with Crippen LogP contribution in [0, 0.1) is 0 Å². The van der Waals surface area contributed by atoms with Gasteiger partial charge in [0.2, 0.25) is 11.8 Å². The Hall–Kier alpha value is -2.93. The van der Waals surface area contributed by atoms with Crippen LogP contribution in [0.1, 0.15) is 55.1 Å². The monoisotopic (exact) mass is 435 g/mol. The summed E-state index contributed by atoms with van der Waals surface area (Å²) in [6.45, 7) is 6.50. The molecule has 0 atom stereocenters. The number of benzene rings is 2. The van der Waals surface area contributed by atoms with E-state index in [1.54, 1.807) is 6.07 Å². The third kappa shape index (κ3) is 5.05. The highest BCUT2D eigenvalue weighted by molar-refractivity contribution is 7.99. The Morgan fingerprint density at radius 1 is 1.10 bits per heavy atom. The molecule has 7 heteroatoms. The van der Waals surface area contributed by atoms with Gasteiger partial charge in [0.1, 0.15) is 0 Å². The topological polar surface area (TPSA) is 85.1 Å². The minimum Gasteiger partial charge on any atom is -0.411 e. The number of hydrogen-bond donors (Lipinski definition) is 1. The van der Waals surface area contributed by atoms with E-state index >= 15 is 0 Å². The molecule has 2 heterocycles. The Labute approximate surface area is 185 Å². The summed E-state index contributed by atoms with van der Waals surface area (Å²) in [6, 6.07) is 13.5. The van der Waals surface area contributed by atoms with Crippen LogP contribution in [0.3, 0.4) is 0 Å². The lowest BCUT2D eigenvalue weighted by Crippen LogP contribution is -2.10. The molecule has 0 spiro atoms. The number of thioether (sulfide) groups is 1. The highest BCUT2D eigenvalue weighted by Crippen LogP contribution is 2.28. The van der Waals surface area contributed by atoms with Gasteiger partial charge in [-0.15, -0.1) is 10.2 Å².